The Labute approximate surface area is 148 Å². The summed E-state index contributed by atoms with van der Waals surface area (Å²) < 4.78 is 62.5. The van der Waals surface area contributed by atoms with Crippen LogP contribution in [0.3, 0.4) is 0 Å². The van der Waals surface area contributed by atoms with Gasteiger partial charge >= 0.3 is 6.18 Å². The molecular weight excluding hydrogens is 371 g/mol. The van der Waals surface area contributed by atoms with Crippen LogP contribution in [0.2, 0.25) is 0 Å². The molecule has 0 aliphatic rings. The largest absolute Gasteiger partial charge is 0.416 e. The number of pyridine rings is 1. The van der Waals surface area contributed by atoms with E-state index < -0.39 is 34.2 Å². The Morgan fingerprint density at radius 2 is 1.85 bits per heavy atom. The van der Waals surface area contributed by atoms with Crippen LogP contribution in [0.1, 0.15) is 11.1 Å². The highest BCUT2D eigenvalue weighted by Crippen LogP contribution is 2.30. The number of alkyl halides is 3. The minimum Gasteiger partial charge on any atom is -0.350 e. The molecule has 0 atom stereocenters. The molecule has 2 rings (SSSR count). The summed E-state index contributed by atoms with van der Waals surface area (Å²) in [5.41, 5.74) is -0.214. The highest BCUT2D eigenvalue weighted by molar-refractivity contribution is 7.92. The van der Waals surface area contributed by atoms with E-state index in [1.807, 2.05) is 0 Å². The van der Waals surface area contributed by atoms with Crippen LogP contribution in [-0.4, -0.2) is 32.1 Å². The first-order valence-electron chi connectivity index (χ1n) is 7.38. The summed E-state index contributed by atoms with van der Waals surface area (Å²) in [7, 11) is -3.87. The van der Waals surface area contributed by atoms with E-state index in [-0.39, 0.29) is 12.2 Å². The highest BCUT2D eigenvalue weighted by Gasteiger charge is 2.30. The maximum atomic E-state index is 12.6. The molecule has 0 fully saturated rings. The fourth-order valence-corrected chi connectivity index (χ4v) is 2.96. The van der Waals surface area contributed by atoms with Crippen LogP contribution in [0.4, 0.5) is 18.9 Å². The van der Waals surface area contributed by atoms with Crippen LogP contribution < -0.4 is 9.62 Å². The molecule has 1 heterocycles. The van der Waals surface area contributed by atoms with E-state index in [0.717, 1.165) is 40.4 Å². The smallest absolute Gasteiger partial charge is 0.350 e. The van der Waals surface area contributed by atoms with Crippen LogP contribution in [0.25, 0.3) is 0 Å². The summed E-state index contributed by atoms with van der Waals surface area (Å²) in [4.78, 5) is 15.9. The monoisotopic (exact) mass is 387 g/mol. The molecule has 1 aromatic carbocycles. The lowest BCUT2D eigenvalue weighted by atomic mass is 10.2. The van der Waals surface area contributed by atoms with Crippen molar-refractivity contribution in [3.05, 3.63) is 59.9 Å². The molecule has 0 saturated heterocycles. The number of rotatable bonds is 6. The van der Waals surface area contributed by atoms with Crippen LogP contribution in [0.5, 0.6) is 0 Å². The van der Waals surface area contributed by atoms with Crippen molar-refractivity contribution in [3.63, 3.8) is 0 Å². The number of halogens is 3. The van der Waals surface area contributed by atoms with Crippen molar-refractivity contribution in [2.45, 2.75) is 12.7 Å². The number of carbonyl (C=O) groups is 1. The van der Waals surface area contributed by atoms with Crippen molar-refractivity contribution in [3.8, 4) is 0 Å². The molecule has 2 aromatic rings. The Bertz CT molecular complexity index is 854. The summed E-state index contributed by atoms with van der Waals surface area (Å²) in [6.45, 7) is -0.401. The second-order valence-corrected chi connectivity index (χ2v) is 7.36. The summed E-state index contributed by atoms with van der Waals surface area (Å²) >= 11 is 0. The number of benzene rings is 1. The molecule has 1 N–H and O–H groups in total. The molecule has 6 nitrogen and oxygen atoms in total. The van der Waals surface area contributed by atoms with E-state index in [1.165, 1.54) is 0 Å². The fraction of sp³-hybridized carbons (Fsp3) is 0.250. The van der Waals surface area contributed by atoms with Crippen molar-refractivity contribution >= 4 is 21.6 Å². The topological polar surface area (TPSA) is 79.4 Å². The second kappa shape index (κ2) is 7.73. The third kappa shape index (κ3) is 5.45. The number of sulfonamides is 1. The van der Waals surface area contributed by atoms with Gasteiger partial charge < -0.3 is 5.32 Å². The Morgan fingerprint density at radius 1 is 1.19 bits per heavy atom. The molecule has 0 spiro atoms. The third-order valence-electron chi connectivity index (χ3n) is 3.38. The zero-order chi connectivity index (χ0) is 19.4. The molecule has 0 saturated carbocycles. The number of aromatic nitrogens is 1. The minimum absolute atomic E-state index is 0.0305. The van der Waals surface area contributed by atoms with E-state index >= 15 is 0 Å². The van der Waals surface area contributed by atoms with Crippen LogP contribution in [0, 0.1) is 0 Å². The molecule has 10 heteroatoms. The lowest BCUT2D eigenvalue weighted by molar-refractivity contribution is -0.137. The van der Waals surface area contributed by atoms with Gasteiger partial charge in [0.25, 0.3) is 0 Å². The average Bonchev–Trinajstić information content (AvgIpc) is 2.57. The van der Waals surface area contributed by atoms with Crippen molar-refractivity contribution in [2.75, 3.05) is 17.1 Å². The third-order valence-corrected chi connectivity index (χ3v) is 4.52. The van der Waals surface area contributed by atoms with E-state index in [0.29, 0.717) is 0 Å². The molecule has 0 aliphatic heterocycles. The first-order valence-corrected chi connectivity index (χ1v) is 9.23. The quantitative estimate of drug-likeness (QED) is 0.824. The van der Waals surface area contributed by atoms with E-state index in [4.69, 9.17) is 0 Å². The van der Waals surface area contributed by atoms with Gasteiger partial charge in [0.05, 0.1) is 17.5 Å². The summed E-state index contributed by atoms with van der Waals surface area (Å²) in [6.07, 6.45) is -0.541. The summed E-state index contributed by atoms with van der Waals surface area (Å²) in [5, 5.41) is 2.54. The highest BCUT2D eigenvalue weighted by atomic mass is 32.2. The van der Waals surface area contributed by atoms with Gasteiger partial charge in [0.2, 0.25) is 15.9 Å². The Hall–Kier alpha value is -2.62. The maximum Gasteiger partial charge on any atom is 0.416 e. The first kappa shape index (κ1) is 19.7. The van der Waals surface area contributed by atoms with Gasteiger partial charge in [-0.1, -0.05) is 6.07 Å². The van der Waals surface area contributed by atoms with Crippen molar-refractivity contribution in [1.82, 2.24) is 10.3 Å². The van der Waals surface area contributed by atoms with Crippen LogP contribution in [-0.2, 0) is 27.5 Å². The number of nitrogens with one attached hydrogen (secondary N) is 1. The lowest BCUT2D eigenvalue weighted by Crippen LogP contribution is -2.40. The molecule has 0 aliphatic carbocycles. The van der Waals surface area contributed by atoms with Gasteiger partial charge in [-0.15, -0.1) is 0 Å². The molecule has 0 radical (unpaired) electrons. The zero-order valence-electron chi connectivity index (χ0n) is 13.7. The number of amides is 1. The van der Waals surface area contributed by atoms with Gasteiger partial charge in [0, 0.05) is 18.9 Å². The van der Waals surface area contributed by atoms with Gasteiger partial charge in [0.1, 0.15) is 6.54 Å². The number of anilines is 1. The molecule has 140 valence electrons. The second-order valence-electron chi connectivity index (χ2n) is 5.45. The molecule has 1 amide bonds. The standard InChI is InChI=1S/C16H16F3N3O3S/c1-26(24,25)22(14-6-4-13(5-7-14)16(17,18)19)11-15(23)21-10-12-3-2-8-20-9-12/h2-9H,10-11H2,1H3,(H,21,23). The van der Waals surface area contributed by atoms with E-state index in [1.54, 1.807) is 24.5 Å². The van der Waals surface area contributed by atoms with Crippen molar-refractivity contribution in [1.29, 1.82) is 0 Å². The number of carbonyl (C=O) groups excluding carboxylic acids is 1. The molecule has 1 aromatic heterocycles. The number of nitrogens with zero attached hydrogens (tertiary/aromatic N) is 2. The normalized spacial score (nSPS) is 11.8. The Kier molecular flexibility index (Phi) is 5.86. The van der Waals surface area contributed by atoms with Gasteiger partial charge in [0.15, 0.2) is 0 Å². The molecule has 0 unspecified atom stereocenters. The molecular formula is C16H16F3N3O3S. The van der Waals surface area contributed by atoms with E-state index in [2.05, 4.69) is 10.3 Å². The van der Waals surface area contributed by atoms with E-state index in [9.17, 15) is 26.4 Å². The lowest BCUT2D eigenvalue weighted by Gasteiger charge is -2.22. The zero-order valence-corrected chi connectivity index (χ0v) is 14.5. The van der Waals surface area contributed by atoms with Gasteiger partial charge in [-0.05, 0) is 35.9 Å². The fourth-order valence-electron chi connectivity index (χ4n) is 2.11. The number of hydrogen-bond acceptors (Lipinski definition) is 4. The van der Waals surface area contributed by atoms with Crippen molar-refractivity contribution < 1.29 is 26.4 Å². The maximum absolute atomic E-state index is 12.6. The predicted molar refractivity (Wildman–Crippen MR) is 89.7 cm³/mol. The summed E-state index contributed by atoms with van der Waals surface area (Å²) in [5.74, 6) is -0.598. The van der Waals surface area contributed by atoms with Crippen LogP contribution in [0.15, 0.2) is 48.8 Å². The van der Waals surface area contributed by atoms with Crippen molar-refractivity contribution in [2.24, 2.45) is 0 Å². The molecule has 0 bridgehead atoms. The minimum atomic E-state index is -4.53. The Morgan fingerprint density at radius 3 is 2.35 bits per heavy atom. The van der Waals surface area contributed by atoms with Crippen LogP contribution >= 0.6 is 0 Å². The summed E-state index contributed by atoms with van der Waals surface area (Å²) in [6, 6.07) is 6.97. The van der Waals surface area contributed by atoms with Gasteiger partial charge in [-0.3, -0.25) is 14.1 Å². The SMILES string of the molecule is CS(=O)(=O)N(CC(=O)NCc1cccnc1)c1ccc(C(F)(F)F)cc1. The molecule has 26 heavy (non-hydrogen) atoms. The average molecular weight is 387 g/mol. The Balaban J connectivity index is 2.11. The first-order chi connectivity index (χ1) is 12.1. The van der Waals surface area contributed by atoms with Gasteiger partial charge in [-0.2, -0.15) is 13.2 Å². The number of hydrogen-bond donors (Lipinski definition) is 1. The van der Waals surface area contributed by atoms with Gasteiger partial charge in [-0.25, -0.2) is 8.42 Å². The predicted octanol–water partition coefficient (Wildman–Crippen LogP) is 2.18.